The first-order valence-electron chi connectivity index (χ1n) is 48.2. The number of aromatic amines is 3. The number of nitrogens with zero attached hydrogens (tertiary/aromatic N) is 5. The second-order valence-electron chi connectivity index (χ2n) is 36.6. The van der Waals surface area contributed by atoms with Gasteiger partial charge in [-0.3, -0.25) is 110 Å². The maximum absolute atomic E-state index is 14.8. The number of nitrogens with two attached hydrogens (primary N) is 6. The first-order valence-corrected chi connectivity index (χ1v) is 48.2. The van der Waals surface area contributed by atoms with Gasteiger partial charge in [-0.05, 0) is 101 Å². The number of aliphatic carboxylic acids is 2. The van der Waals surface area contributed by atoms with Crippen molar-refractivity contribution in [3.63, 3.8) is 0 Å². The molecule has 0 spiro atoms. The second-order valence-corrected chi connectivity index (χ2v) is 36.6. The van der Waals surface area contributed by atoms with Crippen molar-refractivity contribution in [1.29, 1.82) is 0 Å². The third kappa shape index (κ3) is 43.5. The number of aromatic nitrogens is 6. The Morgan fingerprint density at radius 2 is 0.852 bits per heavy atom. The number of carboxylic acid groups (broad SMARTS) is 2. The van der Waals surface area contributed by atoms with E-state index in [9.17, 15) is 131 Å². The largest absolute Gasteiger partial charge is 0.481 e. The summed E-state index contributed by atoms with van der Waals surface area (Å²) in [7, 11) is 0. The van der Waals surface area contributed by atoms with Gasteiger partial charge in [0, 0.05) is 74.4 Å². The molecule has 4 heterocycles. The van der Waals surface area contributed by atoms with Gasteiger partial charge >= 0.3 is 11.9 Å². The Labute approximate surface area is 855 Å². The van der Waals surface area contributed by atoms with Gasteiger partial charge in [-0.2, -0.15) is 0 Å². The van der Waals surface area contributed by atoms with Crippen molar-refractivity contribution in [2.75, 3.05) is 45.9 Å². The molecule has 149 heavy (non-hydrogen) atoms. The van der Waals surface area contributed by atoms with Gasteiger partial charge in [-0.1, -0.05) is 78.3 Å². The van der Waals surface area contributed by atoms with Crippen LogP contribution in [0.4, 0.5) is 0 Å². The van der Waals surface area contributed by atoms with Gasteiger partial charge in [0.05, 0.1) is 76.7 Å². The normalized spacial score (nSPS) is 15.8. The molecule has 0 bridgehead atoms. The standard InChI is InChI=1S/C91H141N31O27/c1-9-46(6)72(120-75(134)47(7)107-80(139)59(29-51-35-99-42-105-51)116-89(148)66-21-16-24-122(66)69(128)38-103-76(135)53(93)25-44(2)3)90(149)117-63(33-71(131)132)85(144)114-61(31-67(94)126)83(142)113-60(30-52-36-100-43-106-52)82(141)110-55(20-15-23-101-91(96)97)79(138)118-64(39-123)87(146)111-57(27-49-17-11-10-12-18-49)81(140)119-65(40-124)88(147)115-62(32-70(129)130)84(143)109-54(19-13-14-22-92)78(137)112-58(28-50-34-98-41-104-50)77(136)102-37-68(127)108-56(26-45(4)5)86(145)121-73(48(8)125)74(95)133/h10-12,17-18,34-36,41-48,53-66,72-73,123-125H,9,13-16,19-33,37-40,92-93H2,1-8H3,(H2,94,126)(H2,95,133)(H,98,104)(H,99,105)(H,100,106)(H,102,136)(H,103,135)(H,107,139)(H,108,127)(H,109,143)(H,110,141)(H,111,146)(H,112,137)(H,113,142)(H,114,144)(H,115,147)(H,116,148)(H,117,149)(H,118,138)(H,119,140)(H,120,134)(H,121,145)(H,129,130)(H,131,132)(H4,96,97,101). The van der Waals surface area contributed by atoms with Gasteiger partial charge in [0.1, 0.15) is 96.7 Å². The van der Waals surface area contributed by atoms with E-state index in [1.165, 1.54) is 87.5 Å². The molecule has 5 rings (SSSR count). The van der Waals surface area contributed by atoms with Crippen molar-refractivity contribution >= 4 is 136 Å². The summed E-state index contributed by atoms with van der Waals surface area (Å²) in [5.41, 5.74) is 34.9. The number of nitrogens with one attached hydrogen (secondary N) is 20. The number of carbonyl (C=O) groups excluding carboxylic acids is 20. The lowest BCUT2D eigenvalue weighted by Crippen LogP contribution is -2.62. The van der Waals surface area contributed by atoms with E-state index >= 15 is 0 Å². The zero-order chi connectivity index (χ0) is 111. The number of benzene rings is 1. The van der Waals surface area contributed by atoms with Crippen LogP contribution in [0.1, 0.15) is 162 Å². The molecule has 37 N–H and O–H groups in total. The summed E-state index contributed by atoms with van der Waals surface area (Å²) in [4.78, 5) is 329. The highest BCUT2D eigenvalue weighted by Gasteiger charge is 2.43. The van der Waals surface area contributed by atoms with E-state index in [0.29, 0.717) is 24.1 Å². The molecular weight excluding hydrogens is 1960 g/mol. The number of aliphatic hydroxyl groups excluding tert-OH is 3. The molecule has 58 heteroatoms. The molecule has 19 atom stereocenters. The van der Waals surface area contributed by atoms with Gasteiger partial charge in [0.2, 0.25) is 118 Å². The fourth-order valence-electron chi connectivity index (χ4n) is 15.2. The molecule has 1 fully saturated rings. The SMILES string of the molecule is CCC(C)C(NC(=O)C(C)NC(=O)C(Cc1cnc[nH]1)NC(=O)C1CCCN1C(=O)CNC(=O)C(N)CC(C)C)C(=O)NC(CC(=O)O)C(=O)NC(CC(N)=O)C(=O)NC(Cc1cnc[nH]1)C(=O)NC(CCCN=C(N)N)C(=O)NC(CO)C(=O)NC(Cc1ccccc1)C(=O)NC(CO)C(=O)NC(CC(=O)O)C(=O)NC(CCCCN)C(=O)NC(Cc1cnc[nH]1)C(=O)NCC(=O)NC(CC(C)C)C(=O)NC(C(N)=O)C(C)O. The highest BCUT2D eigenvalue weighted by atomic mass is 16.4. The minimum absolute atomic E-state index is 0.0121. The van der Waals surface area contributed by atoms with Crippen molar-refractivity contribution in [3.8, 4) is 0 Å². The molecule has 822 valence electrons. The molecule has 58 nitrogen and oxygen atoms in total. The highest BCUT2D eigenvalue weighted by Crippen LogP contribution is 2.20. The number of likely N-dealkylation sites (tertiary alicyclic amines) is 1. The summed E-state index contributed by atoms with van der Waals surface area (Å²) in [6.45, 7) is 8.85. The molecule has 1 aromatic carbocycles. The van der Waals surface area contributed by atoms with E-state index in [-0.39, 0.29) is 101 Å². The van der Waals surface area contributed by atoms with Crippen LogP contribution >= 0.6 is 0 Å². The molecule has 3 aromatic heterocycles. The summed E-state index contributed by atoms with van der Waals surface area (Å²) in [6.07, 6.45) is 1.63. The summed E-state index contributed by atoms with van der Waals surface area (Å²) in [6, 6.07) is -21.1. The van der Waals surface area contributed by atoms with Crippen LogP contribution in [0.5, 0.6) is 0 Å². The lowest BCUT2D eigenvalue weighted by Gasteiger charge is -2.29. The monoisotopic (exact) mass is 2100 g/mol. The van der Waals surface area contributed by atoms with Crippen molar-refractivity contribution in [2.45, 2.75) is 273 Å². The molecule has 20 amide bonds. The van der Waals surface area contributed by atoms with Crippen LogP contribution in [0, 0.1) is 17.8 Å². The fraction of sp³-hybridized carbons (Fsp3) is 0.582. The van der Waals surface area contributed by atoms with Crippen LogP contribution in [-0.2, 0) is 131 Å². The molecule has 4 aromatic rings. The Morgan fingerprint density at radius 3 is 1.30 bits per heavy atom. The first-order chi connectivity index (χ1) is 70.5. The molecule has 1 aliphatic heterocycles. The Kier molecular flexibility index (Phi) is 52.3. The molecule has 0 saturated carbocycles. The van der Waals surface area contributed by atoms with Crippen LogP contribution < -0.4 is 125 Å². The number of hydrogen-bond acceptors (Lipinski definition) is 31. The molecule has 0 radical (unpaired) electrons. The number of amides is 20. The van der Waals surface area contributed by atoms with Crippen LogP contribution in [0.15, 0.2) is 72.9 Å². The second kappa shape index (κ2) is 63.0. The maximum atomic E-state index is 14.8. The average Bonchev–Trinajstić information content (AvgIpc) is 1.68. The van der Waals surface area contributed by atoms with Crippen molar-refractivity contribution in [3.05, 3.63) is 90.5 Å². The quantitative estimate of drug-likeness (QED) is 0.0111. The third-order valence-electron chi connectivity index (χ3n) is 23.4. The van der Waals surface area contributed by atoms with Crippen molar-refractivity contribution < 1.29 is 131 Å². The minimum atomic E-state index is -2.15. The number of hydrogen-bond donors (Lipinski definition) is 31. The maximum Gasteiger partial charge on any atom is 0.305 e. The molecule has 19 unspecified atom stereocenters. The number of primary amides is 2. The van der Waals surface area contributed by atoms with Crippen LogP contribution in [0.2, 0.25) is 0 Å². The van der Waals surface area contributed by atoms with Gasteiger partial charge in [-0.15, -0.1) is 0 Å². The Balaban J connectivity index is 1.34. The summed E-state index contributed by atoms with van der Waals surface area (Å²) < 4.78 is 0. The first kappa shape index (κ1) is 124. The van der Waals surface area contributed by atoms with E-state index < -0.39 is 316 Å². The number of rotatable bonds is 67. The van der Waals surface area contributed by atoms with E-state index in [4.69, 9.17) is 34.4 Å². The van der Waals surface area contributed by atoms with Crippen molar-refractivity contribution in [1.82, 2.24) is 125 Å². The number of imidazole rings is 3. The zero-order valence-corrected chi connectivity index (χ0v) is 83.9. The van der Waals surface area contributed by atoms with E-state index in [0.717, 1.165) is 0 Å². The predicted octanol–water partition coefficient (Wildman–Crippen LogP) is -12.0. The fourth-order valence-corrected chi connectivity index (χ4v) is 15.2. The van der Waals surface area contributed by atoms with Crippen molar-refractivity contribution in [2.24, 2.45) is 57.1 Å². The number of carbonyl (C=O) groups is 22. The molecular formula is C91H141N31O27. The lowest BCUT2D eigenvalue weighted by molar-refractivity contribution is -0.142. The van der Waals surface area contributed by atoms with E-state index in [1.807, 2.05) is 13.8 Å². The predicted molar refractivity (Wildman–Crippen MR) is 525 cm³/mol. The smallest absolute Gasteiger partial charge is 0.305 e. The summed E-state index contributed by atoms with van der Waals surface area (Å²) >= 11 is 0. The average molecular weight is 2100 g/mol. The summed E-state index contributed by atoms with van der Waals surface area (Å²) in [5, 5.41) is 92.2. The van der Waals surface area contributed by atoms with Crippen LogP contribution in [-0.4, -0.2) is 351 Å². The Hall–Kier alpha value is -15.7. The topological polar surface area (TPSA) is 939 Å². The van der Waals surface area contributed by atoms with Gasteiger partial charge in [0.15, 0.2) is 5.96 Å². The number of carboxylic acids is 2. The Bertz CT molecular complexity index is 5200. The van der Waals surface area contributed by atoms with Crippen LogP contribution in [0.3, 0.4) is 0 Å². The van der Waals surface area contributed by atoms with Gasteiger partial charge in [0.25, 0.3) is 0 Å². The van der Waals surface area contributed by atoms with E-state index in [1.54, 1.807) is 26.8 Å². The minimum Gasteiger partial charge on any atom is -0.481 e. The number of H-pyrrole nitrogens is 3. The number of aliphatic imine (C=N–C) groups is 1. The molecule has 1 saturated heterocycles. The number of guanidine groups is 1. The molecule has 1 aliphatic rings. The number of unbranched alkanes of at least 4 members (excludes halogenated alkanes) is 1. The van der Waals surface area contributed by atoms with Crippen LogP contribution in [0.25, 0.3) is 0 Å². The Morgan fingerprint density at radius 1 is 0.443 bits per heavy atom. The van der Waals surface area contributed by atoms with Gasteiger partial charge < -0.3 is 170 Å². The lowest BCUT2D eigenvalue weighted by atomic mass is 9.97. The molecule has 0 aliphatic carbocycles. The van der Waals surface area contributed by atoms with E-state index in [2.05, 4.69) is 125 Å². The summed E-state index contributed by atoms with van der Waals surface area (Å²) in [5.74, 6) is -26.8. The zero-order valence-electron chi connectivity index (χ0n) is 83.9. The third-order valence-corrected chi connectivity index (χ3v) is 23.4. The van der Waals surface area contributed by atoms with Gasteiger partial charge in [-0.25, -0.2) is 15.0 Å². The highest BCUT2D eigenvalue weighted by molar-refractivity contribution is 6.03. The number of aliphatic hydroxyl groups is 3.